The minimum absolute atomic E-state index is 0. The van der Waals surface area contributed by atoms with Crippen molar-refractivity contribution < 1.29 is 37.1 Å². The maximum Gasteiger partial charge on any atom is 0.282 e. The van der Waals surface area contributed by atoms with Crippen LogP contribution in [0.5, 0.6) is 17.2 Å². The summed E-state index contributed by atoms with van der Waals surface area (Å²) in [6.45, 7) is 6.06. The maximum absolute atomic E-state index is 12.8. The molecule has 0 saturated heterocycles. The van der Waals surface area contributed by atoms with Crippen molar-refractivity contribution in [3.05, 3.63) is 41.3 Å². The van der Waals surface area contributed by atoms with Crippen LogP contribution in [0, 0.1) is 12.8 Å². The van der Waals surface area contributed by atoms with Crippen LogP contribution in [0.1, 0.15) is 25.8 Å². The highest BCUT2D eigenvalue weighted by Gasteiger charge is 2.24. The zero-order valence-electron chi connectivity index (χ0n) is 20.4. The third-order valence-electron chi connectivity index (χ3n) is 5.94. The standard InChI is InChI=1S/C25H31N3O4S.ClH/c1-7-14(2)22(26)25(29)27-19-11-16(8-9-20(19)30-4)18-13-33-28-23(18)17-10-15(3)24(32-6)21(12-17)31-5;/h8-14,22H,7,26H2,1-6H3,(H,27,29);1H/t14?,22-;/m1./s1. The number of nitrogens with zero attached hydrogens (tertiary/aromatic N) is 1. The van der Waals surface area contributed by atoms with Crippen LogP contribution in [0.15, 0.2) is 35.7 Å². The van der Waals surface area contributed by atoms with Crippen molar-refractivity contribution >= 4 is 23.1 Å². The topological polar surface area (TPSA) is 97.3 Å². The van der Waals surface area contributed by atoms with E-state index in [9.17, 15) is 4.79 Å². The van der Waals surface area contributed by atoms with E-state index in [4.69, 9.17) is 14.2 Å². The predicted octanol–water partition coefficient (Wildman–Crippen LogP) is 1.41. The summed E-state index contributed by atoms with van der Waals surface area (Å²) in [6, 6.07) is 9.35. The van der Waals surface area contributed by atoms with Crippen LogP contribution in [0.2, 0.25) is 0 Å². The number of rotatable bonds is 9. The highest BCUT2D eigenvalue weighted by molar-refractivity contribution is 7.04. The molecule has 4 N–H and O–H groups in total. The monoisotopic (exact) mass is 505 g/mol. The molecule has 0 spiro atoms. The summed E-state index contributed by atoms with van der Waals surface area (Å²) in [5.74, 6) is 2.01. The lowest BCUT2D eigenvalue weighted by Crippen LogP contribution is -3.00. The fourth-order valence-corrected chi connectivity index (χ4v) is 4.40. The summed E-state index contributed by atoms with van der Waals surface area (Å²) in [7, 11) is 4.84. The van der Waals surface area contributed by atoms with Crippen LogP contribution < -0.4 is 37.7 Å². The summed E-state index contributed by atoms with van der Waals surface area (Å²) in [5, 5.41) is 5.00. The van der Waals surface area contributed by atoms with E-state index >= 15 is 0 Å². The molecule has 2 aromatic carbocycles. The van der Waals surface area contributed by atoms with Crippen molar-refractivity contribution in [2.24, 2.45) is 5.92 Å². The molecule has 0 bridgehead atoms. The average molecular weight is 506 g/mol. The lowest BCUT2D eigenvalue weighted by molar-refractivity contribution is -0.414. The molecule has 0 aliphatic carbocycles. The Labute approximate surface area is 211 Å². The lowest BCUT2D eigenvalue weighted by Gasteiger charge is -2.17. The van der Waals surface area contributed by atoms with Gasteiger partial charge in [-0.05, 0) is 60.3 Å². The number of benzene rings is 2. The maximum atomic E-state index is 12.8. The number of halogens is 1. The van der Waals surface area contributed by atoms with E-state index in [0.29, 0.717) is 22.9 Å². The first-order chi connectivity index (χ1) is 15.8. The third-order valence-corrected chi connectivity index (χ3v) is 6.57. The molecule has 1 amide bonds. The molecule has 1 heterocycles. The van der Waals surface area contributed by atoms with Crippen LogP contribution in [-0.4, -0.2) is 37.7 Å². The molecule has 34 heavy (non-hydrogen) atoms. The number of aromatic nitrogens is 1. The van der Waals surface area contributed by atoms with Gasteiger partial charge < -0.3 is 37.7 Å². The number of carbonyl (C=O) groups excluding carboxylic acids is 1. The third kappa shape index (κ3) is 5.63. The van der Waals surface area contributed by atoms with Crippen molar-refractivity contribution in [3.8, 4) is 39.6 Å². The predicted molar refractivity (Wildman–Crippen MR) is 132 cm³/mol. The summed E-state index contributed by atoms with van der Waals surface area (Å²) in [4.78, 5) is 12.8. The fourth-order valence-electron chi connectivity index (χ4n) is 3.68. The number of hydrogen-bond acceptors (Lipinski definition) is 6. The molecule has 0 radical (unpaired) electrons. The fraction of sp³-hybridized carbons (Fsp3) is 0.360. The largest absolute Gasteiger partial charge is 1.00 e. The van der Waals surface area contributed by atoms with E-state index < -0.39 is 0 Å². The molecule has 3 aromatic rings. The highest BCUT2D eigenvalue weighted by Crippen LogP contribution is 2.41. The van der Waals surface area contributed by atoms with Crippen molar-refractivity contribution in [1.29, 1.82) is 0 Å². The van der Waals surface area contributed by atoms with E-state index in [1.807, 2.05) is 49.6 Å². The Balaban J connectivity index is 0.00000408. The molecule has 1 unspecified atom stereocenters. The van der Waals surface area contributed by atoms with Crippen molar-refractivity contribution in [2.45, 2.75) is 33.2 Å². The van der Waals surface area contributed by atoms with Crippen molar-refractivity contribution in [3.63, 3.8) is 0 Å². The number of nitrogens with one attached hydrogen (secondary N) is 1. The second-order valence-electron chi connectivity index (χ2n) is 8.00. The smallest absolute Gasteiger partial charge is 0.282 e. The molecule has 2 atom stereocenters. The number of hydrogen-bond donors (Lipinski definition) is 2. The zero-order valence-corrected chi connectivity index (χ0v) is 22.0. The Bertz CT molecular complexity index is 1140. The molecular formula is C25H32ClN3O4S. The SMILES string of the molecule is CCC(C)[C@@H]([NH3+])C(=O)Nc1cc(-c2csnc2-c2cc(C)c(OC)c(OC)c2)ccc1OC.[Cl-]. The number of quaternary nitrogens is 1. The van der Waals surface area contributed by atoms with Gasteiger partial charge in [-0.3, -0.25) is 4.79 Å². The van der Waals surface area contributed by atoms with Gasteiger partial charge in [0.25, 0.3) is 5.91 Å². The highest BCUT2D eigenvalue weighted by atomic mass is 35.5. The van der Waals surface area contributed by atoms with Crippen LogP contribution in [0.25, 0.3) is 22.4 Å². The first-order valence-corrected chi connectivity index (χ1v) is 11.7. The second-order valence-corrected chi connectivity index (χ2v) is 8.63. The van der Waals surface area contributed by atoms with E-state index in [1.54, 1.807) is 21.3 Å². The van der Waals surface area contributed by atoms with Crippen LogP contribution in [-0.2, 0) is 4.79 Å². The molecule has 0 saturated carbocycles. The van der Waals surface area contributed by atoms with Gasteiger partial charge in [-0.25, -0.2) is 0 Å². The Morgan fingerprint density at radius 1 is 1.09 bits per heavy atom. The Morgan fingerprint density at radius 3 is 2.41 bits per heavy atom. The number of aryl methyl sites for hydroxylation is 1. The van der Waals surface area contributed by atoms with Crippen LogP contribution in [0.3, 0.4) is 0 Å². The van der Waals surface area contributed by atoms with E-state index in [1.165, 1.54) is 11.5 Å². The zero-order chi connectivity index (χ0) is 24.1. The van der Waals surface area contributed by atoms with Gasteiger partial charge in [0.05, 0.1) is 32.7 Å². The molecule has 3 rings (SSSR count). The summed E-state index contributed by atoms with van der Waals surface area (Å²) < 4.78 is 21.1. The Kier molecular flexibility index (Phi) is 9.73. The van der Waals surface area contributed by atoms with Crippen molar-refractivity contribution in [1.82, 2.24) is 4.37 Å². The average Bonchev–Trinajstić information content (AvgIpc) is 3.32. The van der Waals surface area contributed by atoms with E-state index in [0.717, 1.165) is 34.4 Å². The number of ether oxygens (including phenoxy) is 3. The molecule has 1 aromatic heterocycles. The minimum atomic E-state index is -0.350. The molecular weight excluding hydrogens is 474 g/mol. The number of anilines is 1. The van der Waals surface area contributed by atoms with Crippen LogP contribution in [0.4, 0.5) is 5.69 Å². The van der Waals surface area contributed by atoms with Gasteiger partial charge in [0.1, 0.15) is 5.75 Å². The normalized spacial score (nSPS) is 12.3. The first-order valence-electron chi connectivity index (χ1n) is 10.8. The van der Waals surface area contributed by atoms with E-state index in [-0.39, 0.29) is 30.3 Å². The van der Waals surface area contributed by atoms with E-state index in [2.05, 4.69) is 22.3 Å². The first kappa shape index (κ1) is 27.4. The number of methoxy groups -OCH3 is 3. The molecule has 9 heteroatoms. The van der Waals surface area contributed by atoms with Crippen molar-refractivity contribution in [2.75, 3.05) is 26.6 Å². The quantitative estimate of drug-likeness (QED) is 0.458. The van der Waals surface area contributed by atoms with Gasteiger partial charge >= 0.3 is 0 Å². The summed E-state index contributed by atoms with van der Waals surface area (Å²) in [6.07, 6.45) is 0.882. The second kappa shape index (κ2) is 12.1. The van der Waals surface area contributed by atoms with Gasteiger partial charge in [-0.15, -0.1) is 0 Å². The molecule has 184 valence electrons. The van der Waals surface area contributed by atoms with Gasteiger partial charge in [0, 0.05) is 22.4 Å². The van der Waals surface area contributed by atoms with Gasteiger partial charge in [-0.1, -0.05) is 19.9 Å². The van der Waals surface area contributed by atoms with Crippen LogP contribution >= 0.6 is 11.5 Å². The molecule has 0 aliphatic rings. The van der Waals surface area contributed by atoms with Gasteiger partial charge in [-0.2, -0.15) is 4.37 Å². The number of carbonyl (C=O) groups is 1. The van der Waals surface area contributed by atoms with Gasteiger partial charge in [0.15, 0.2) is 17.5 Å². The van der Waals surface area contributed by atoms with Gasteiger partial charge in [0.2, 0.25) is 0 Å². The number of amides is 1. The Morgan fingerprint density at radius 2 is 1.79 bits per heavy atom. The molecule has 0 aliphatic heterocycles. The Hall–Kier alpha value is -2.81. The minimum Gasteiger partial charge on any atom is -1.00 e. The molecule has 0 fully saturated rings. The molecule has 7 nitrogen and oxygen atoms in total. The summed E-state index contributed by atoms with van der Waals surface area (Å²) >= 11 is 1.38. The summed E-state index contributed by atoms with van der Waals surface area (Å²) in [5.41, 5.74) is 9.25. The lowest BCUT2D eigenvalue weighted by atomic mass is 9.98.